The second kappa shape index (κ2) is 12.3. The van der Waals surface area contributed by atoms with Gasteiger partial charge in [0.25, 0.3) is 11.9 Å². The molecule has 6 unspecified atom stereocenters. The number of rotatable bonds is 7. The maximum absolute atomic E-state index is 11.0. The van der Waals surface area contributed by atoms with Crippen LogP contribution in [-0.4, -0.2) is 136 Å². The van der Waals surface area contributed by atoms with Gasteiger partial charge in [0.05, 0.1) is 24.8 Å². The van der Waals surface area contributed by atoms with Crippen molar-refractivity contribution in [3.05, 3.63) is 47.2 Å². The molecule has 0 aliphatic carbocycles. The zero-order valence-electron chi connectivity index (χ0n) is 22.2. The molecule has 0 amide bonds. The van der Waals surface area contributed by atoms with Gasteiger partial charge >= 0.3 is 0 Å². The van der Waals surface area contributed by atoms with Crippen LogP contribution in [0.3, 0.4) is 0 Å². The molecule has 11 atom stereocenters. The van der Waals surface area contributed by atoms with Crippen molar-refractivity contribution in [3.63, 3.8) is 0 Å². The molecule has 5 rings (SSSR count). The summed E-state index contributed by atoms with van der Waals surface area (Å²) >= 11 is 0. The van der Waals surface area contributed by atoms with Crippen LogP contribution in [0.1, 0.15) is 17.2 Å². The number of benzene rings is 2. The van der Waals surface area contributed by atoms with E-state index in [9.17, 15) is 56.2 Å². The van der Waals surface area contributed by atoms with Crippen molar-refractivity contribution < 1.29 is 79.9 Å². The van der Waals surface area contributed by atoms with Crippen LogP contribution < -0.4 is 0 Å². The monoisotopic (exact) mass is 613 g/mol. The van der Waals surface area contributed by atoms with Crippen LogP contribution in [0.4, 0.5) is 0 Å². The average Bonchev–Trinajstić information content (AvgIpc) is 2.98. The van der Waals surface area contributed by atoms with Gasteiger partial charge in [0.15, 0.2) is 29.7 Å². The Kier molecular flexibility index (Phi) is 8.87. The summed E-state index contributed by atoms with van der Waals surface area (Å²) in [5.41, 5.74) is 0.366. The topological polar surface area (TPSA) is 272 Å². The first-order valence-electron chi connectivity index (χ1n) is 13.2. The number of phenols is 4. The Balaban J connectivity index is 1.52. The minimum Gasteiger partial charge on any atom is -0.571 e. The van der Waals surface area contributed by atoms with Crippen molar-refractivity contribution in [1.82, 2.24) is 0 Å². The van der Waals surface area contributed by atoms with Gasteiger partial charge in [-0.05, 0) is 18.2 Å². The zero-order chi connectivity index (χ0) is 31.2. The van der Waals surface area contributed by atoms with Crippen LogP contribution >= 0.6 is 0 Å². The molecule has 16 heteroatoms. The highest BCUT2D eigenvalue weighted by Crippen LogP contribution is 2.46. The summed E-state index contributed by atoms with van der Waals surface area (Å²) < 4.78 is 27.3. The van der Waals surface area contributed by atoms with Crippen molar-refractivity contribution >= 4 is 6.08 Å². The minimum absolute atomic E-state index is 0.0914. The minimum atomic E-state index is -1.88. The number of hydrogen-bond donors (Lipinski definition) is 11. The molecule has 2 aromatic rings. The van der Waals surface area contributed by atoms with Crippen molar-refractivity contribution in [2.45, 2.75) is 67.5 Å². The highest BCUT2D eigenvalue weighted by atomic mass is 16.8. The highest BCUT2D eigenvalue weighted by molar-refractivity contribution is 5.69. The first-order valence-corrected chi connectivity index (χ1v) is 13.2. The van der Waals surface area contributed by atoms with E-state index < -0.39 is 92.2 Å². The van der Waals surface area contributed by atoms with Gasteiger partial charge in [-0.3, -0.25) is 0 Å². The Hall–Kier alpha value is -3.42. The van der Waals surface area contributed by atoms with Gasteiger partial charge in [-0.2, -0.15) is 0 Å². The van der Waals surface area contributed by atoms with Gasteiger partial charge < -0.3 is 79.9 Å². The SMILES string of the molecule is OCC1O[C@@H](OC2=Cc3c(O)cc(O)cc3[OH+]C2c2ccc(O)c(O)c2)C(O[C@@H]2OC(CO)[C@@H](O)C(O)[C@H]2O)C(O)[C@@H]1O. The van der Waals surface area contributed by atoms with Gasteiger partial charge in [0.1, 0.15) is 59.8 Å². The molecular formula is C27H33O16+. The predicted octanol–water partition coefficient (Wildman–Crippen LogP) is -2.51. The van der Waals surface area contributed by atoms with E-state index in [4.69, 9.17) is 18.9 Å². The lowest BCUT2D eigenvalue weighted by Crippen LogP contribution is -2.64. The summed E-state index contributed by atoms with van der Waals surface area (Å²) in [7, 11) is 0. The molecule has 0 aromatic heterocycles. The third-order valence-electron chi connectivity index (χ3n) is 7.48. The Morgan fingerprint density at radius 1 is 0.698 bits per heavy atom. The van der Waals surface area contributed by atoms with Crippen LogP contribution in [-0.2, 0) is 18.9 Å². The summed E-state index contributed by atoms with van der Waals surface area (Å²) in [5.74, 6) is -1.55. The van der Waals surface area contributed by atoms with Gasteiger partial charge in [0, 0.05) is 12.1 Å². The normalized spacial score (nSPS) is 35.9. The zero-order valence-corrected chi connectivity index (χ0v) is 22.2. The number of fused-ring (bicyclic) bond motifs is 1. The maximum atomic E-state index is 11.0. The molecule has 12 N–H and O–H groups in total. The highest BCUT2D eigenvalue weighted by Gasteiger charge is 2.52. The third kappa shape index (κ3) is 5.89. The van der Waals surface area contributed by atoms with Crippen LogP contribution in [0, 0.1) is 0 Å². The molecule has 3 aliphatic heterocycles. The van der Waals surface area contributed by atoms with Crippen molar-refractivity contribution in [2.24, 2.45) is 0 Å². The number of hydrogen-bond acceptors (Lipinski definition) is 15. The smallest absolute Gasteiger partial charge is 0.270 e. The van der Waals surface area contributed by atoms with Gasteiger partial charge in [-0.25, -0.2) is 0 Å². The fourth-order valence-corrected chi connectivity index (χ4v) is 5.10. The van der Waals surface area contributed by atoms with E-state index in [0.29, 0.717) is 0 Å². The fourth-order valence-electron chi connectivity index (χ4n) is 5.10. The molecular weight excluding hydrogens is 580 g/mol. The summed E-state index contributed by atoms with van der Waals surface area (Å²) in [6, 6.07) is 6.11. The Morgan fingerprint density at radius 3 is 2.00 bits per heavy atom. The van der Waals surface area contributed by atoms with Crippen LogP contribution in [0.2, 0.25) is 0 Å². The molecule has 2 fully saturated rings. The molecule has 0 spiro atoms. The summed E-state index contributed by atoms with van der Waals surface area (Å²) in [4.78, 5) is 0. The number of aliphatic hydroxyl groups excluding tert-OH is 7. The second-order valence-corrected chi connectivity index (χ2v) is 10.3. The third-order valence-corrected chi connectivity index (χ3v) is 7.48. The van der Waals surface area contributed by atoms with Crippen molar-refractivity contribution in [1.29, 1.82) is 0 Å². The average molecular weight is 614 g/mol. The molecule has 3 aliphatic rings. The molecule has 16 nitrogen and oxygen atoms in total. The number of aliphatic hydroxyl groups is 8. The van der Waals surface area contributed by atoms with Crippen molar-refractivity contribution in [2.75, 3.05) is 13.2 Å². The molecule has 236 valence electrons. The molecule has 2 saturated heterocycles. The fraction of sp³-hybridized carbons (Fsp3) is 0.481. The Morgan fingerprint density at radius 2 is 1.35 bits per heavy atom. The first kappa shape index (κ1) is 31.0. The van der Waals surface area contributed by atoms with E-state index in [1.165, 1.54) is 30.3 Å². The van der Waals surface area contributed by atoms with E-state index in [-0.39, 0.29) is 34.1 Å². The first-order chi connectivity index (χ1) is 20.4. The van der Waals surface area contributed by atoms with E-state index in [1.807, 2.05) is 0 Å². The summed E-state index contributed by atoms with van der Waals surface area (Å²) in [6.45, 7) is -1.54. The molecule has 0 saturated carbocycles. The van der Waals surface area contributed by atoms with Crippen LogP contribution in [0.5, 0.6) is 28.7 Å². The summed E-state index contributed by atoms with van der Waals surface area (Å²) in [5, 5.41) is 112. The molecule has 0 bridgehead atoms. The summed E-state index contributed by atoms with van der Waals surface area (Å²) in [6.07, 6.45) is -16.7. The van der Waals surface area contributed by atoms with Crippen molar-refractivity contribution in [3.8, 4) is 28.7 Å². The largest absolute Gasteiger partial charge is 0.571 e. The lowest BCUT2D eigenvalue weighted by Gasteiger charge is -2.46. The lowest BCUT2D eigenvalue weighted by atomic mass is 9.97. The van der Waals surface area contributed by atoms with Gasteiger partial charge in [0.2, 0.25) is 6.29 Å². The van der Waals surface area contributed by atoms with Gasteiger partial charge in [-0.15, -0.1) is 0 Å². The maximum Gasteiger partial charge on any atom is 0.270 e. The van der Waals surface area contributed by atoms with E-state index in [0.717, 1.165) is 6.07 Å². The molecule has 2 aromatic carbocycles. The Bertz CT molecular complexity index is 1330. The van der Waals surface area contributed by atoms with Crippen LogP contribution in [0.15, 0.2) is 36.1 Å². The molecule has 3 heterocycles. The number of phenolic OH excluding ortho intramolecular Hbond substituents is 4. The number of ether oxygens (including phenoxy) is 5. The Labute approximate surface area is 243 Å². The second-order valence-electron chi connectivity index (χ2n) is 10.3. The molecule has 43 heavy (non-hydrogen) atoms. The van der Waals surface area contributed by atoms with E-state index in [2.05, 4.69) is 4.74 Å². The van der Waals surface area contributed by atoms with E-state index >= 15 is 0 Å². The van der Waals surface area contributed by atoms with E-state index in [1.54, 1.807) is 0 Å². The molecule has 0 radical (unpaired) electrons. The quantitative estimate of drug-likeness (QED) is 0.114. The number of aromatic hydroxyl groups is 5. The lowest BCUT2D eigenvalue weighted by molar-refractivity contribution is -0.364. The standard InChI is InChI=1S/C27H32O16/c28-7-17-19(34)21(36)23(38)26(41-17)43-25-22(37)20(35)18(8-29)42-27(25)40-16-6-11-13(32)4-10(30)5-15(11)39-24(16)9-1-2-12(31)14(33)3-9/h1-6,17-38H,7-8H2/p+1/t17?,18?,19-,20-,21?,22?,23-,24?,25?,26+,27-/m1/s1. The predicted molar refractivity (Wildman–Crippen MR) is 139 cm³/mol. The van der Waals surface area contributed by atoms with Crippen LogP contribution in [0.25, 0.3) is 6.08 Å². The van der Waals surface area contributed by atoms with Gasteiger partial charge in [-0.1, -0.05) is 0 Å².